The summed E-state index contributed by atoms with van der Waals surface area (Å²) in [5.74, 6) is 0.221. The summed E-state index contributed by atoms with van der Waals surface area (Å²) in [6.45, 7) is 6.34. The van der Waals surface area contributed by atoms with Crippen LogP contribution >= 0.6 is 0 Å². The van der Waals surface area contributed by atoms with Gasteiger partial charge in [0.15, 0.2) is 5.82 Å². The highest BCUT2D eigenvalue weighted by Crippen LogP contribution is 2.25. The number of nitrogens with zero attached hydrogens (tertiary/aromatic N) is 3. The molecule has 0 radical (unpaired) electrons. The Morgan fingerprint density at radius 3 is 2.80 bits per heavy atom. The highest BCUT2D eigenvalue weighted by atomic mass is 19.1. The monoisotopic (exact) mass is 277 g/mol. The summed E-state index contributed by atoms with van der Waals surface area (Å²) in [5.41, 5.74) is 6.48. The molecule has 108 valence electrons. The summed E-state index contributed by atoms with van der Waals surface area (Å²) < 4.78 is 13.2. The number of fused-ring (bicyclic) bond motifs is 1. The fraction of sp³-hybridized carbons (Fsp3) is 0.500. The minimum Gasteiger partial charge on any atom is -0.368 e. The summed E-state index contributed by atoms with van der Waals surface area (Å²) in [5, 5.41) is 3.34. The van der Waals surface area contributed by atoms with Crippen LogP contribution in [0.1, 0.15) is 40.0 Å². The molecule has 0 unspecified atom stereocenters. The Bertz CT molecular complexity index is 607. The number of hydrogen-bond donors (Lipinski definition) is 2. The summed E-state index contributed by atoms with van der Waals surface area (Å²) in [4.78, 5) is 12.3. The van der Waals surface area contributed by atoms with E-state index in [9.17, 15) is 4.39 Å². The van der Waals surface area contributed by atoms with Crippen LogP contribution in [0.15, 0.2) is 12.3 Å². The number of pyridine rings is 1. The molecule has 2 heterocycles. The van der Waals surface area contributed by atoms with Crippen LogP contribution in [0.2, 0.25) is 0 Å². The topological polar surface area (TPSA) is 76.7 Å². The first-order chi connectivity index (χ1) is 9.41. The van der Waals surface area contributed by atoms with Crippen molar-refractivity contribution in [1.82, 2.24) is 15.0 Å². The van der Waals surface area contributed by atoms with Gasteiger partial charge in [0.2, 0.25) is 5.95 Å². The first-order valence-corrected chi connectivity index (χ1v) is 6.78. The number of hydrogen-bond acceptors (Lipinski definition) is 5. The van der Waals surface area contributed by atoms with Gasteiger partial charge in [0.05, 0.1) is 11.7 Å². The highest BCUT2D eigenvalue weighted by Gasteiger charge is 2.20. The van der Waals surface area contributed by atoms with Crippen LogP contribution in [0.25, 0.3) is 11.0 Å². The van der Waals surface area contributed by atoms with Gasteiger partial charge < -0.3 is 11.1 Å². The van der Waals surface area contributed by atoms with E-state index in [-0.39, 0.29) is 11.5 Å². The molecule has 0 aliphatic heterocycles. The Hall–Kier alpha value is -1.98. The number of nitrogen functional groups attached to an aromatic ring is 1. The lowest BCUT2D eigenvalue weighted by atomic mass is 9.97. The van der Waals surface area contributed by atoms with E-state index in [2.05, 4.69) is 41.0 Å². The molecule has 0 amide bonds. The molecule has 0 spiro atoms. The van der Waals surface area contributed by atoms with Crippen molar-refractivity contribution in [3.8, 4) is 0 Å². The maximum absolute atomic E-state index is 13.2. The molecule has 0 aromatic carbocycles. The van der Waals surface area contributed by atoms with E-state index in [1.807, 2.05) is 0 Å². The van der Waals surface area contributed by atoms with Gasteiger partial charge in [-0.2, -0.15) is 4.98 Å². The summed E-state index contributed by atoms with van der Waals surface area (Å²) in [7, 11) is 0. The maximum atomic E-state index is 13.2. The van der Waals surface area contributed by atoms with E-state index < -0.39 is 5.82 Å². The number of unbranched alkanes of at least 4 members (excludes halogenated alkanes) is 1. The van der Waals surface area contributed by atoms with Crippen molar-refractivity contribution in [2.45, 2.75) is 45.6 Å². The Morgan fingerprint density at radius 2 is 2.10 bits per heavy atom. The summed E-state index contributed by atoms with van der Waals surface area (Å²) in [6.07, 6.45) is 4.39. The molecule has 2 aromatic rings. The molecule has 0 aliphatic rings. The van der Waals surface area contributed by atoms with Crippen molar-refractivity contribution >= 4 is 22.8 Å². The lowest BCUT2D eigenvalue weighted by molar-refractivity contribution is 0.492. The van der Waals surface area contributed by atoms with Gasteiger partial charge in [0.25, 0.3) is 0 Å². The number of halogens is 1. The zero-order valence-electron chi connectivity index (χ0n) is 12.1. The molecule has 2 rings (SSSR count). The van der Waals surface area contributed by atoms with Gasteiger partial charge in [0, 0.05) is 11.6 Å². The van der Waals surface area contributed by atoms with Crippen LogP contribution in [0.5, 0.6) is 0 Å². The standard InChI is InChI=1S/C14H20FN5/c1-4-5-6-14(2,3)20-12-11-10(18-13(16)19-12)7-9(15)8-17-11/h7-8H,4-6H2,1-3H3,(H3,16,18,19,20). The molecule has 0 atom stereocenters. The highest BCUT2D eigenvalue weighted by molar-refractivity contribution is 5.86. The smallest absolute Gasteiger partial charge is 0.222 e. The molecular weight excluding hydrogens is 257 g/mol. The van der Waals surface area contributed by atoms with Gasteiger partial charge in [-0.1, -0.05) is 19.8 Å². The molecule has 2 aromatic heterocycles. The lowest BCUT2D eigenvalue weighted by Crippen LogP contribution is -2.31. The Labute approximate surface area is 117 Å². The fourth-order valence-corrected chi connectivity index (χ4v) is 2.10. The first-order valence-electron chi connectivity index (χ1n) is 6.78. The molecule has 20 heavy (non-hydrogen) atoms. The van der Waals surface area contributed by atoms with Gasteiger partial charge in [0.1, 0.15) is 11.3 Å². The number of rotatable bonds is 5. The molecule has 0 fully saturated rings. The summed E-state index contributed by atoms with van der Waals surface area (Å²) in [6, 6.07) is 1.31. The molecule has 5 nitrogen and oxygen atoms in total. The molecule has 0 aliphatic carbocycles. The van der Waals surface area contributed by atoms with Gasteiger partial charge in [-0.3, -0.25) is 0 Å². The predicted molar refractivity (Wildman–Crippen MR) is 78.9 cm³/mol. The second-order valence-electron chi connectivity index (χ2n) is 5.56. The average molecular weight is 277 g/mol. The largest absolute Gasteiger partial charge is 0.368 e. The van der Waals surface area contributed by atoms with Gasteiger partial charge >= 0.3 is 0 Å². The van der Waals surface area contributed by atoms with E-state index in [0.717, 1.165) is 25.5 Å². The number of nitrogens with two attached hydrogens (primary N) is 1. The van der Waals surface area contributed by atoms with Crippen molar-refractivity contribution in [2.75, 3.05) is 11.1 Å². The van der Waals surface area contributed by atoms with E-state index in [4.69, 9.17) is 5.73 Å². The molecule has 0 bridgehead atoms. The van der Waals surface area contributed by atoms with Gasteiger partial charge in [-0.25, -0.2) is 14.4 Å². The van der Waals surface area contributed by atoms with Gasteiger partial charge in [-0.15, -0.1) is 0 Å². The molecule has 0 saturated heterocycles. The van der Waals surface area contributed by atoms with Crippen LogP contribution in [0.3, 0.4) is 0 Å². The SMILES string of the molecule is CCCCC(C)(C)Nc1nc(N)nc2cc(F)cnc12. The van der Waals surface area contributed by atoms with Crippen LogP contribution in [-0.4, -0.2) is 20.5 Å². The zero-order chi connectivity index (χ0) is 14.8. The van der Waals surface area contributed by atoms with Crippen molar-refractivity contribution < 1.29 is 4.39 Å². The van der Waals surface area contributed by atoms with Gasteiger partial charge in [-0.05, 0) is 20.3 Å². The number of nitrogens with one attached hydrogen (secondary N) is 1. The third kappa shape index (κ3) is 3.31. The Balaban J connectivity index is 2.38. The minimum absolute atomic E-state index is 0.110. The second kappa shape index (κ2) is 5.56. The average Bonchev–Trinajstić information content (AvgIpc) is 2.35. The Morgan fingerprint density at radius 1 is 1.35 bits per heavy atom. The quantitative estimate of drug-likeness (QED) is 0.878. The van der Waals surface area contributed by atoms with Crippen molar-refractivity contribution in [3.63, 3.8) is 0 Å². The van der Waals surface area contributed by atoms with E-state index in [1.165, 1.54) is 6.07 Å². The zero-order valence-corrected chi connectivity index (χ0v) is 12.1. The van der Waals surface area contributed by atoms with E-state index >= 15 is 0 Å². The Kier molecular flexibility index (Phi) is 4.01. The molecule has 0 saturated carbocycles. The van der Waals surface area contributed by atoms with Crippen LogP contribution in [0, 0.1) is 5.82 Å². The van der Waals surface area contributed by atoms with Crippen LogP contribution in [-0.2, 0) is 0 Å². The first kappa shape index (κ1) is 14.4. The van der Waals surface area contributed by atoms with Crippen LogP contribution in [0.4, 0.5) is 16.2 Å². The second-order valence-corrected chi connectivity index (χ2v) is 5.56. The summed E-state index contributed by atoms with van der Waals surface area (Å²) >= 11 is 0. The maximum Gasteiger partial charge on any atom is 0.222 e. The molecular formula is C14H20FN5. The lowest BCUT2D eigenvalue weighted by Gasteiger charge is -2.27. The molecule has 6 heteroatoms. The van der Waals surface area contributed by atoms with E-state index in [1.54, 1.807) is 0 Å². The number of anilines is 2. The predicted octanol–water partition coefficient (Wildman–Crippen LogP) is 3.13. The van der Waals surface area contributed by atoms with Crippen molar-refractivity contribution in [1.29, 1.82) is 0 Å². The van der Waals surface area contributed by atoms with Crippen LogP contribution < -0.4 is 11.1 Å². The van der Waals surface area contributed by atoms with E-state index in [0.29, 0.717) is 16.9 Å². The van der Waals surface area contributed by atoms with Crippen molar-refractivity contribution in [3.05, 3.63) is 18.1 Å². The molecule has 3 N–H and O–H groups in total. The fourth-order valence-electron chi connectivity index (χ4n) is 2.10. The third-order valence-electron chi connectivity index (χ3n) is 3.13. The number of aromatic nitrogens is 3. The van der Waals surface area contributed by atoms with Crippen molar-refractivity contribution in [2.24, 2.45) is 0 Å². The normalized spacial score (nSPS) is 11.8. The minimum atomic E-state index is -0.438. The third-order valence-corrected chi connectivity index (χ3v) is 3.13.